The van der Waals surface area contributed by atoms with Gasteiger partial charge in [-0.15, -0.1) is 0 Å². The van der Waals surface area contributed by atoms with Crippen molar-refractivity contribution in [3.63, 3.8) is 0 Å². The average molecular weight is 393 g/mol. The molecule has 1 saturated heterocycles. The smallest absolute Gasteiger partial charge is 0.264 e. The summed E-state index contributed by atoms with van der Waals surface area (Å²) in [5.41, 5.74) is 1.42. The molecule has 1 aliphatic rings. The molecule has 0 N–H and O–H groups in total. The maximum Gasteiger partial charge on any atom is 0.264 e. The van der Waals surface area contributed by atoms with Crippen LogP contribution in [0, 0.1) is 0 Å². The van der Waals surface area contributed by atoms with Crippen LogP contribution < -0.4 is 4.31 Å². The van der Waals surface area contributed by atoms with Gasteiger partial charge in [0.05, 0.1) is 17.0 Å². The highest BCUT2D eigenvalue weighted by Crippen LogP contribution is 2.24. The van der Waals surface area contributed by atoms with Gasteiger partial charge in [0.1, 0.15) is 0 Å². The molecule has 2 aromatic carbocycles. The molecule has 1 heterocycles. The molecule has 0 aliphatic carbocycles. The standard InChI is InChI=1S/C19H21ClN2O3S/c1-21(26(24,25)18-10-6-16(20)7-11-18)17-8-4-15(5-9-17)14-19(23)22-12-2-3-13-22/h4-11H,2-3,12-14H2,1H3. The van der Waals surface area contributed by atoms with E-state index in [9.17, 15) is 13.2 Å². The van der Waals surface area contributed by atoms with Crippen molar-refractivity contribution in [3.8, 4) is 0 Å². The first-order valence-electron chi connectivity index (χ1n) is 8.49. The van der Waals surface area contributed by atoms with E-state index in [0.29, 0.717) is 17.1 Å². The Morgan fingerprint density at radius 1 is 1.04 bits per heavy atom. The van der Waals surface area contributed by atoms with Crippen molar-refractivity contribution >= 4 is 33.2 Å². The maximum atomic E-state index is 12.7. The summed E-state index contributed by atoms with van der Waals surface area (Å²) in [4.78, 5) is 14.3. The summed E-state index contributed by atoms with van der Waals surface area (Å²) in [7, 11) is -2.15. The van der Waals surface area contributed by atoms with Crippen molar-refractivity contribution < 1.29 is 13.2 Å². The van der Waals surface area contributed by atoms with E-state index in [1.54, 1.807) is 36.4 Å². The van der Waals surface area contributed by atoms with Crippen LogP contribution in [0.1, 0.15) is 18.4 Å². The second-order valence-electron chi connectivity index (χ2n) is 6.36. The van der Waals surface area contributed by atoms with Crippen molar-refractivity contribution in [1.82, 2.24) is 4.90 Å². The van der Waals surface area contributed by atoms with Crippen LogP contribution in [0.3, 0.4) is 0 Å². The Labute approximate surface area is 159 Å². The summed E-state index contributed by atoms with van der Waals surface area (Å²) in [6, 6.07) is 13.1. The zero-order chi connectivity index (χ0) is 18.7. The molecule has 1 fully saturated rings. The number of likely N-dealkylation sites (tertiary alicyclic amines) is 1. The monoisotopic (exact) mass is 392 g/mol. The predicted octanol–water partition coefficient (Wildman–Crippen LogP) is 3.33. The van der Waals surface area contributed by atoms with Gasteiger partial charge in [-0.2, -0.15) is 0 Å². The van der Waals surface area contributed by atoms with Gasteiger partial charge in [0.2, 0.25) is 5.91 Å². The predicted molar refractivity (Wildman–Crippen MR) is 103 cm³/mol. The van der Waals surface area contributed by atoms with E-state index in [-0.39, 0.29) is 10.8 Å². The molecule has 0 aromatic heterocycles. The normalized spacial score (nSPS) is 14.5. The van der Waals surface area contributed by atoms with Crippen LogP contribution >= 0.6 is 11.6 Å². The van der Waals surface area contributed by atoms with Crippen molar-refractivity contribution in [2.75, 3.05) is 24.4 Å². The minimum atomic E-state index is -3.66. The number of halogens is 1. The van der Waals surface area contributed by atoms with Crippen molar-refractivity contribution in [1.29, 1.82) is 0 Å². The van der Waals surface area contributed by atoms with E-state index in [1.165, 1.54) is 23.5 Å². The number of hydrogen-bond donors (Lipinski definition) is 0. The highest BCUT2D eigenvalue weighted by molar-refractivity contribution is 7.92. The molecule has 3 rings (SSSR count). The van der Waals surface area contributed by atoms with E-state index in [1.807, 2.05) is 4.90 Å². The van der Waals surface area contributed by atoms with Crippen LogP contribution in [-0.4, -0.2) is 39.4 Å². The highest BCUT2D eigenvalue weighted by atomic mass is 35.5. The Morgan fingerprint density at radius 3 is 2.19 bits per heavy atom. The third kappa shape index (κ3) is 4.02. The topological polar surface area (TPSA) is 57.7 Å². The lowest BCUT2D eigenvalue weighted by atomic mass is 10.1. The second kappa shape index (κ2) is 7.68. The minimum Gasteiger partial charge on any atom is -0.342 e. The Kier molecular flexibility index (Phi) is 5.53. The summed E-state index contributed by atoms with van der Waals surface area (Å²) in [6.45, 7) is 1.66. The van der Waals surface area contributed by atoms with Crippen LogP contribution in [0.15, 0.2) is 53.4 Å². The summed E-state index contributed by atoms with van der Waals surface area (Å²) in [5, 5.41) is 0.485. The highest BCUT2D eigenvalue weighted by Gasteiger charge is 2.22. The third-order valence-corrected chi connectivity index (χ3v) is 6.64. The van der Waals surface area contributed by atoms with E-state index >= 15 is 0 Å². The number of rotatable bonds is 5. The lowest BCUT2D eigenvalue weighted by molar-refractivity contribution is -0.129. The van der Waals surface area contributed by atoms with E-state index in [0.717, 1.165) is 31.5 Å². The lowest BCUT2D eigenvalue weighted by Gasteiger charge is -2.20. The summed E-state index contributed by atoms with van der Waals surface area (Å²) in [6.07, 6.45) is 2.48. The van der Waals surface area contributed by atoms with Crippen LogP contribution in [-0.2, 0) is 21.2 Å². The quantitative estimate of drug-likeness (QED) is 0.784. The van der Waals surface area contributed by atoms with Crippen LogP contribution in [0.2, 0.25) is 5.02 Å². The van der Waals surface area contributed by atoms with E-state index < -0.39 is 10.0 Å². The molecule has 0 spiro atoms. The number of hydrogen-bond acceptors (Lipinski definition) is 3. The van der Waals surface area contributed by atoms with Crippen molar-refractivity contribution in [3.05, 3.63) is 59.1 Å². The van der Waals surface area contributed by atoms with Gasteiger partial charge in [-0.1, -0.05) is 23.7 Å². The molecule has 5 nitrogen and oxygen atoms in total. The van der Waals surface area contributed by atoms with Gasteiger partial charge in [0, 0.05) is 25.2 Å². The Bertz CT molecular complexity index is 874. The molecule has 1 aliphatic heterocycles. The van der Waals surface area contributed by atoms with Gasteiger partial charge in [-0.05, 0) is 54.8 Å². The van der Waals surface area contributed by atoms with Crippen molar-refractivity contribution in [2.24, 2.45) is 0 Å². The molecule has 0 radical (unpaired) electrons. The van der Waals surface area contributed by atoms with Gasteiger partial charge in [0.15, 0.2) is 0 Å². The molecule has 2 aromatic rings. The number of nitrogens with zero attached hydrogens (tertiary/aromatic N) is 2. The first-order chi connectivity index (χ1) is 12.4. The number of carbonyl (C=O) groups excluding carboxylic acids is 1. The zero-order valence-electron chi connectivity index (χ0n) is 14.6. The molecule has 0 atom stereocenters. The van der Waals surface area contributed by atoms with Gasteiger partial charge in [0.25, 0.3) is 10.0 Å². The maximum absolute atomic E-state index is 12.7. The SMILES string of the molecule is CN(c1ccc(CC(=O)N2CCCC2)cc1)S(=O)(=O)c1ccc(Cl)cc1. The second-order valence-corrected chi connectivity index (χ2v) is 8.76. The Balaban J connectivity index is 1.72. The van der Waals surface area contributed by atoms with Gasteiger partial charge < -0.3 is 4.90 Å². The lowest BCUT2D eigenvalue weighted by Crippen LogP contribution is -2.29. The fraction of sp³-hybridized carbons (Fsp3) is 0.316. The number of amides is 1. The van der Waals surface area contributed by atoms with Crippen molar-refractivity contribution in [2.45, 2.75) is 24.2 Å². The van der Waals surface area contributed by atoms with Gasteiger partial charge in [-0.25, -0.2) is 8.42 Å². The van der Waals surface area contributed by atoms with Crippen LogP contribution in [0.25, 0.3) is 0 Å². The number of anilines is 1. The largest absolute Gasteiger partial charge is 0.342 e. The first kappa shape index (κ1) is 18.7. The fourth-order valence-corrected chi connectivity index (χ4v) is 4.30. The summed E-state index contributed by atoms with van der Waals surface area (Å²) < 4.78 is 26.6. The number of benzene rings is 2. The first-order valence-corrected chi connectivity index (χ1v) is 10.3. The molecule has 0 saturated carbocycles. The third-order valence-electron chi connectivity index (χ3n) is 4.59. The Hall–Kier alpha value is -2.05. The molecular weight excluding hydrogens is 372 g/mol. The molecule has 138 valence electrons. The summed E-state index contributed by atoms with van der Waals surface area (Å²) >= 11 is 5.82. The van der Waals surface area contributed by atoms with Crippen LogP contribution in [0.4, 0.5) is 5.69 Å². The number of sulfonamides is 1. The van der Waals surface area contributed by atoms with Crippen LogP contribution in [0.5, 0.6) is 0 Å². The number of carbonyl (C=O) groups is 1. The van der Waals surface area contributed by atoms with Gasteiger partial charge in [-0.3, -0.25) is 9.10 Å². The summed E-state index contributed by atoms with van der Waals surface area (Å²) in [5.74, 6) is 0.123. The molecule has 0 unspecified atom stereocenters. The zero-order valence-corrected chi connectivity index (χ0v) is 16.1. The van der Waals surface area contributed by atoms with E-state index in [4.69, 9.17) is 11.6 Å². The molecule has 7 heteroatoms. The minimum absolute atomic E-state index is 0.123. The average Bonchev–Trinajstić information content (AvgIpc) is 3.17. The molecule has 0 bridgehead atoms. The van der Waals surface area contributed by atoms with Gasteiger partial charge >= 0.3 is 0 Å². The molecular formula is C19H21ClN2O3S. The fourth-order valence-electron chi connectivity index (χ4n) is 2.98. The Morgan fingerprint density at radius 2 is 1.62 bits per heavy atom. The van der Waals surface area contributed by atoms with E-state index in [2.05, 4.69) is 0 Å². The molecule has 1 amide bonds. The molecule has 26 heavy (non-hydrogen) atoms.